The molecular weight excluding hydrogens is 222 g/mol. The van der Waals surface area contributed by atoms with Gasteiger partial charge in [-0.25, -0.2) is 0 Å². The van der Waals surface area contributed by atoms with Crippen LogP contribution in [0.4, 0.5) is 0 Å². The maximum atomic E-state index is 11.7. The molecule has 0 aliphatic carbocycles. The van der Waals surface area contributed by atoms with Gasteiger partial charge in [-0.1, -0.05) is 0 Å². The molecule has 7 heteroatoms. The third-order valence-corrected chi connectivity index (χ3v) is 2.70. The SMILES string of the molecule is CN1CC(C(=O)N=C(N)/C(O)=C\N)CC1C#N. The standard InChI is InChI=1S/C10H15N5O2/c1-15-5-6(2-7(15)3-11)10(17)14-9(13)8(16)4-12/h4,6-7,16H,2,5,12H2,1H3,(H2,13,14,17)/b8-4+. The van der Waals surface area contributed by atoms with Crippen LogP contribution in [0.5, 0.6) is 0 Å². The van der Waals surface area contributed by atoms with Gasteiger partial charge in [0.2, 0.25) is 0 Å². The first-order chi connectivity index (χ1) is 7.99. The average Bonchev–Trinajstić information content (AvgIpc) is 2.69. The molecule has 1 rings (SSSR count). The summed E-state index contributed by atoms with van der Waals surface area (Å²) < 4.78 is 0. The van der Waals surface area contributed by atoms with Gasteiger partial charge in [0.1, 0.15) is 0 Å². The second-order valence-corrected chi connectivity index (χ2v) is 3.90. The fourth-order valence-electron chi connectivity index (χ4n) is 1.68. The van der Waals surface area contributed by atoms with E-state index in [1.54, 1.807) is 11.9 Å². The molecule has 5 N–H and O–H groups in total. The minimum atomic E-state index is -0.444. The number of likely N-dealkylation sites (tertiary alicyclic amines) is 1. The Hall–Kier alpha value is -2.07. The number of nitrogens with zero attached hydrogens (tertiary/aromatic N) is 3. The van der Waals surface area contributed by atoms with Crippen molar-refractivity contribution in [1.82, 2.24) is 4.90 Å². The topological polar surface area (TPSA) is 129 Å². The highest BCUT2D eigenvalue weighted by Crippen LogP contribution is 2.22. The van der Waals surface area contributed by atoms with E-state index in [-0.39, 0.29) is 17.8 Å². The van der Waals surface area contributed by atoms with Crippen molar-refractivity contribution in [2.75, 3.05) is 13.6 Å². The molecule has 2 atom stereocenters. The first kappa shape index (κ1) is 13.0. The molecule has 1 heterocycles. The maximum absolute atomic E-state index is 11.7. The molecular formula is C10H15N5O2. The van der Waals surface area contributed by atoms with Crippen molar-refractivity contribution in [3.63, 3.8) is 0 Å². The summed E-state index contributed by atoms with van der Waals surface area (Å²) in [5, 5.41) is 17.9. The van der Waals surface area contributed by atoms with Crippen LogP contribution in [-0.2, 0) is 4.79 Å². The summed E-state index contributed by atoms with van der Waals surface area (Å²) >= 11 is 0. The molecule has 1 fully saturated rings. The minimum absolute atomic E-state index is 0.279. The van der Waals surface area contributed by atoms with E-state index in [4.69, 9.17) is 21.8 Å². The van der Waals surface area contributed by atoms with Gasteiger partial charge >= 0.3 is 0 Å². The fourth-order valence-corrected chi connectivity index (χ4v) is 1.68. The highest BCUT2D eigenvalue weighted by Gasteiger charge is 2.33. The number of hydrogen-bond acceptors (Lipinski definition) is 5. The zero-order valence-corrected chi connectivity index (χ0v) is 9.50. The van der Waals surface area contributed by atoms with Crippen LogP contribution in [0.25, 0.3) is 0 Å². The molecule has 92 valence electrons. The number of aliphatic hydroxyl groups is 1. The first-order valence-electron chi connectivity index (χ1n) is 5.08. The van der Waals surface area contributed by atoms with E-state index in [1.807, 2.05) is 0 Å². The zero-order chi connectivity index (χ0) is 13.0. The Morgan fingerprint density at radius 2 is 2.35 bits per heavy atom. The second-order valence-electron chi connectivity index (χ2n) is 3.90. The van der Waals surface area contributed by atoms with E-state index < -0.39 is 11.7 Å². The van der Waals surface area contributed by atoms with Crippen LogP contribution in [-0.4, -0.2) is 41.4 Å². The summed E-state index contributed by atoms with van der Waals surface area (Å²) in [4.78, 5) is 17.0. The van der Waals surface area contributed by atoms with Gasteiger partial charge in [0.25, 0.3) is 5.91 Å². The molecule has 0 radical (unpaired) electrons. The Labute approximate surface area is 99.0 Å². The van der Waals surface area contributed by atoms with Gasteiger partial charge in [0.15, 0.2) is 11.6 Å². The van der Waals surface area contributed by atoms with Gasteiger partial charge in [-0.3, -0.25) is 9.69 Å². The van der Waals surface area contributed by atoms with Crippen LogP contribution in [0.15, 0.2) is 17.0 Å². The van der Waals surface area contributed by atoms with Gasteiger partial charge in [-0.15, -0.1) is 0 Å². The summed E-state index contributed by atoms with van der Waals surface area (Å²) in [5.41, 5.74) is 10.4. The van der Waals surface area contributed by atoms with E-state index in [0.29, 0.717) is 13.0 Å². The Kier molecular flexibility index (Phi) is 4.06. The minimum Gasteiger partial charge on any atom is -0.503 e. The average molecular weight is 237 g/mol. The van der Waals surface area contributed by atoms with Crippen LogP contribution in [0.1, 0.15) is 6.42 Å². The lowest BCUT2D eigenvalue weighted by Gasteiger charge is -2.09. The maximum Gasteiger partial charge on any atom is 0.252 e. The van der Waals surface area contributed by atoms with Crippen LogP contribution in [0, 0.1) is 17.2 Å². The van der Waals surface area contributed by atoms with Gasteiger partial charge in [0, 0.05) is 12.7 Å². The monoisotopic (exact) mass is 237 g/mol. The van der Waals surface area contributed by atoms with Crippen LogP contribution >= 0.6 is 0 Å². The predicted octanol–water partition coefficient (Wildman–Crippen LogP) is -0.928. The van der Waals surface area contributed by atoms with Gasteiger partial charge in [-0.05, 0) is 13.5 Å². The van der Waals surface area contributed by atoms with Crippen molar-refractivity contribution < 1.29 is 9.90 Å². The van der Waals surface area contributed by atoms with Crippen molar-refractivity contribution in [2.45, 2.75) is 12.5 Å². The summed E-state index contributed by atoms with van der Waals surface area (Å²) in [6, 6.07) is 1.82. The molecule has 2 unspecified atom stereocenters. The molecule has 0 aromatic rings. The number of aliphatic imine (C=N–C) groups is 1. The molecule has 0 saturated carbocycles. The van der Waals surface area contributed by atoms with Gasteiger partial charge in [-0.2, -0.15) is 10.3 Å². The number of amidine groups is 1. The summed E-state index contributed by atoms with van der Waals surface area (Å²) in [6.07, 6.45) is 1.29. The zero-order valence-electron chi connectivity index (χ0n) is 9.50. The highest BCUT2D eigenvalue weighted by molar-refractivity contribution is 6.02. The number of rotatable bonds is 2. The Bertz CT molecular complexity index is 409. The van der Waals surface area contributed by atoms with E-state index in [2.05, 4.69) is 11.1 Å². The molecule has 0 aromatic heterocycles. The Balaban J connectivity index is 2.71. The van der Waals surface area contributed by atoms with E-state index in [0.717, 1.165) is 6.20 Å². The molecule has 1 saturated heterocycles. The number of hydrogen-bond donors (Lipinski definition) is 3. The molecule has 0 bridgehead atoms. The highest BCUT2D eigenvalue weighted by atomic mass is 16.3. The van der Waals surface area contributed by atoms with Crippen LogP contribution in [0.3, 0.4) is 0 Å². The third kappa shape index (κ3) is 2.95. The lowest BCUT2D eigenvalue weighted by molar-refractivity contribution is -0.121. The lowest BCUT2D eigenvalue weighted by atomic mass is 10.1. The van der Waals surface area contributed by atoms with Crippen LogP contribution < -0.4 is 11.5 Å². The molecule has 1 amide bonds. The quantitative estimate of drug-likeness (QED) is 0.323. The molecule has 17 heavy (non-hydrogen) atoms. The smallest absolute Gasteiger partial charge is 0.252 e. The number of carbonyl (C=O) groups is 1. The Morgan fingerprint density at radius 3 is 2.82 bits per heavy atom. The van der Waals surface area contributed by atoms with Crippen molar-refractivity contribution in [1.29, 1.82) is 5.26 Å². The number of nitriles is 1. The van der Waals surface area contributed by atoms with Gasteiger partial charge < -0.3 is 16.6 Å². The van der Waals surface area contributed by atoms with E-state index >= 15 is 0 Å². The first-order valence-corrected chi connectivity index (χ1v) is 5.08. The number of nitrogens with two attached hydrogens (primary N) is 2. The summed E-state index contributed by atoms with van der Waals surface area (Å²) in [7, 11) is 1.77. The van der Waals surface area contributed by atoms with Crippen molar-refractivity contribution in [2.24, 2.45) is 22.4 Å². The molecule has 1 aliphatic rings. The summed E-state index contributed by atoms with van der Waals surface area (Å²) in [6.45, 7) is 0.459. The molecule has 0 aromatic carbocycles. The van der Waals surface area contributed by atoms with E-state index in [9.17, 15) is 4.79 Å². The lowest BCUT2D eigenvalue weighted by Crippen LogP contribution is -2.24. The Morgan fingerprint density at radius 1 is 1.71 bits per heavy atom. The second kappa shape index (κ2) is 5.32. The number of carbonyl (C=O) groups excluding carboxylic acids is 1. The fraction of sp³-hybridized carbons (Fsp3) is 0.500. The van der Waals surface area contributed by atoms with Crippen molar-refractivity contribution in [3.8, 4) is 6.07 Å². The van der Waals surface area contributed by atoms with Crippen LogP contribution in [0.2, 0.25) is 0 Å². The normalized spacial score (nSPS) is 26.8. The van der Waals surface area contributed by atoms with Gasteiger partial charge in [0.05, 0.1) is 18.0 Å². The number of aliphatic hydroxyl groups excluding tert-OH is 1. The van der Waals surface area contributed by atoms with Crippen molar-refractivity contribution in [3.05, 3.63) is 12.0 Å². The summed E-state index contributed by atoms with van der Waals surface area (Å²) in [5.74, 6) is -1.55. The van der Waals surface area contributed by atoms with Crippen molar-refractivity contribution >= 4 is 11.7 Å². The molecule has 1 aliphatic heterocycles. The largest absolute Gasteiger partial charge is 0.503 e. The molecule has 0 spiro atoms. The number of amides is 1. The third-order valence-electron chi connectivity index (χ3n) is 2.70. The van der Waals surface area contributed by atoms with E-state index in [1.165, 1.54) is 0 Å². The molecule has 7 nitrogen and oxygen atoms in total. The predicted molar refractivity (Wildman–Crippen MR) is 61.7 cm³/mol.